The second-order valence-corrected chi connectivity index (χ2v) is 8.14. The molecular weight excluding hydrogens is 422 g/mol. The van der Waals surface area contributed by atoms with Gasteiger partial charge in [0.25, 0.3) is 0 Å². The van der Waals surface area contributed by atoms with Crippen molar-refractivity contribution in [2.45, 2.75) is 18.4 Å². The van der Waals surface area contributed by atoms with Crippen LogP contribution in [-0.4, -0.2) is 66.8 Å². The van der Waals surface area contributed by atoms with E-state index in [1.54, 1.807) is 0 Å². The van der Waals surface area contributed by atoms with Gasteiger partial charge in [0.2, 0.25) is 5.91 Å². The van der Waals surface area contributed by atoms with Crippen LogP contribution in [0.1, 0.15) is 23.5 Å². The number of alkyl carbamates (subject to hydrolysis) is 1. The summed E-state index contributed by atoms with van der Waals surface area (Å²) in [5.41, 5.74) is 4.36. The normalized spacial score (nSPS) is 15.5. The number of benzene rings is 2. The van der Waals surface area contributed by atoms with Crippen LogP contribution in [0, 0.1) is 0 Å². The Labute approximate surface area is 192 Å². The summed E-state index contributed by atoms with van der Waals surface area (Å²) in [6.45, 7) is 2.74. The minimum atomic E-state index is -1.21. The lowest BCUT2D eigenvalue weighted by Gasteiger charge is -2.20. The van der Waals surface area contributed by atoms with E-state index in [2.05, 4.69) is 15.5 Å². The molecule has 2 aliphatic rings. The predicted octanol–water partition coefficient (Wildman–Crippen LogP) is 2.36. The zero-order chi connectivity index (χ0) is 23.2. The van der Waals surface area contributed by atoms with E-state index in [4.69, 9.17) is 4.74 Å². The monoisotopic (exact) mass is 449 g/mol. The zero-order valence-electron chi connectivity index (χ0n) is 18.2. The summed E-state index contributed by atoms with van der Waals surface area (Å²) in [6.07, 6.45) is 2.75. The van der Waals surface area contributed by atoms with Gasteiger partial charge in [-0.15, -0.1) is 0 Å². The summed E-state index contributed by atoms with van der Waals surface area (Å²) in [7, 11) is 0. The van der Waals surface area contributed by atoms with E-state index in [0.717, 1.165) is 35.3 Å². The fraction of sp³-hybridized carbons (Fsp3) is 0.320. The molecule has 8 nitrogen and oxygen atoms in total. The highest BCUT2D eigenvalue weighted by molar-refractivity contribution is 5.89. The molecule has 1 aliphatic heterocycles. The zero-order valence-corrected chi connectivity index (χ0v) is 18.2. The van der Waals surface area contributed by atoms with E-state index in [1.807, 2.05) is 60.7 Å². The first-order chi connectivity index (χ1) is 16.0. The first-order valence-electron chi connectivity index (χ1n) is 11.0. The topological polar surface area (TPSA) is 108 Å². The molecule has 0 fully saturated rings. The summed E-state index contributed by atoms with van der Waals surface area (Å²) < 4.78 is 5.45. The molecule has 2 aromatic carbocycles. The number of carbonyl (C=O) groups is 3. The summed E-state index contributed by atoms with van der Waals surface area (Å²) in [5, 5.41) is 14.3. The molecule has 4 rings (SSSR count). The molecule has 0 radical (unpaired) electrons. The van der Waals surface area contributed by atoms with Crippen LogP contribution in [0.2, 0.25) is 0 Å². The van der Waals surface area contributed by atoms with Crippen LogP contribution < -0.4 is 10.6 Å². The molecule has 3 N–H and O–H groups in total. The number of rotatable bonds is 9. The lowest BCUT2D eigenvalue weighted by Crippen LogP contribution is -2.49. The van der Waals surface area contributed by atoms with Crippen molar-refractivity contribution >= 4 is 18.0 Å². The largest absolute Gasteiger partial charge is 0.481 e. The number of carboxylic acid groups (broad SMARTS) is 1. The van der Waals surface area contributed by atoms with Gasteiger partial charge in [0.05, 0.1) is 6.42 Å². The Kier molecular flexibility index (Phi) is 7.04. The van der Waals surface area contributed by atoms with Crippen LogP contribution in [0.5, 0.6) is 0 Å². The smallest absolute Gasteiger partial charge is 0.407 e. The van der Waals surface area contributed by atoms with E-state index in [0.29, 0.717) is 13.1 Å². The fourth-order valence-electron chi connectivity index (χ4n) is 4.33. The van der Waals surface area contributed by atoms with Gasteiger partial charge in [-0.25, -0.2) is 4.79 Å². The molecule has 2 aromatic rings. The Morgan fingerprint density at radius 1 is 1.00 bits per heavy atom. The minimum Gasteiger partial charge on any atom is -0.481 e. The minimum absolute atomic E-state index is 0.0865. The molecule has 1 unspecified atom stereocenters. The third-order valence-electron chi connectivity index (χ3n) is 5.95. The number of fused-ring (bicyclic) bond motifs is 3. The highest BCUT2D eigenvalue weighted by Crippen LogP contribution is 2.44. The van der Waals surface area contributed by atoms with E-state index in [1.165, 1.54) is 0 Å². The third-order valence-corrected chi connectivity index (χ3v) is 5.95. The molecule has 0 bridgehead atoms. The van der Waals surface area contributed by atoms with Crippen molar-refractivity contribution in [3.8, 4) is 11.1 Å². The molecule has 172 valence electrons. The Hall–Kier alpha value is -3.65. The van der Waals surface area contributed by atoms with E-state index >= 15 is 0 Å². The summed E-state index contributed by atoms with van der Waals surface area (Å²) in [4.78, 5) is 38.3. The number of carboxylic acids is 1. The van der Waals surface area contributed by atoms with Gasteiger partial charge >= 0.3 is 12.1 Å². The molecule has 8 heteroatoms. The van der Waals surface area contributed by atoms with E-state index in [9.17, 15) is 19.5 Å². The van der Waals surface area contributed by atoms with Gasteiger partial charge in [-0.05, 0) is 22.3 Å². The number of hydrogen-bond acceptors (Lipinski definition) is 5. The Morgan fingerprint density at radius 3 is 2.21 bits per heavy atom. The first kappa shape index (κ1) is 22.5. The van der Waals surface area contributed by atoms with E-state index in [-0.39, 0.29) is 12.5 Å². The van der Waals surface area contributed by atoms with Crippen molar-refractivity contribution in [1.82, 2.24) is 15.5 Å². The maximum Gasteiger partial charge on any atom is 0.407 e. The van der Waals surface area contributed by atoms with Gasteiger partial charge < -0.3 is 20.5 Å². The summed E-state index contributed by atoms with van der Waals surface area (Å²) in [6, 6.07) is 14.7. The first-order valence-corrected chi connectivity index (χ1v) is 11.0. The van der Waals surface area contributed by atoms with Crippen LogP contribution in [-0.2, 0) is 14.3 Å². The molecular formula is C25H27N3O5. The highest BCUT2D eigenvalue weighted by Gasteiger charge is 2.30. The highest BCUT2D eigenvalue weighted by atomic mass is 16.5. The average Bonchev–Trinajstić information content (AvgIpc) is 3.43. The second kappa shape index (κ2) is 10.3. The van der Waals surface area contributed by atoms with E-state index < -0.39 is 30.4 Å². The maximum absolute atomic E-state index is 12.5. The van der Waals surface area contributed by atoms with Crippen LogP contribution in [0.25, 0.3) is 11.1 Å². The molecule has 33 heavy (non-hydrogen) atoms. The molecule has 0 saturated heterocycles. The van der Waals surface area contributed by atoms with Crippen molar-refractivity contribution < 1.29 is 24.2 Å². The molecule has 1 aliphatic carbocycles. The molecule has 2 amide bonds. The number of hydrogen-bond donors (Lipinski definition) is 3. The Bertz CT molecular complexity index is 1010. The molecule has 0 aromatic heterocycles. The number of nitrogens with one attached hydrogen (secondary N) is 2. The van der Waals surface area contributed by atoms with Gasteiger partial charge in [0.1, 0.15) is 12.6 Å². The number of carbonyl (C=O) groups excluding carboxylic acids is 2. The second-order valence-electron chi connectivity index (χ2n) is 8.14. The van der Waals surface area contributed by atoms with Gasteiger partial charge in [0, 0.05) is 32.1 Å². The quantitative estimate of drug-likeness (QED) is 0.508. The van der Waals surface area contributed by atoms with Gasteiger partial charge in [-0.1, -0.05) is 60.7 Å². The number of ether oxygens (including phenoxy) is 1. The Balaban J connectivity index is 1.34. The maximum atomic E-state index is 12.5. The standard InChI is InChI=1S/C25H27N3O5/c29-23(30)15-22(24(31)26-11-14-28-12-5-6-13-28)27-25(32)33-16-21-19-9-3-1-7-17(19)18-8-2-4-10-20(18)21/h1-10,21-22H,11-16H2,(H,26,31)(H,27,32)(H,29,30). The molecule has 0 spiro atoms. The van der Waals surface area contributed by atoms with Gasteiger partial charge in [-0.3, -0.25) is 14.5 Å². The SMILES string of the molecule is O=C(O)CC(NC(=O)OCC1c2ccccc2-c2ccccc21)C(=O)NCCN1CC=CC1. The van der Waals surface area contributed by atoms with Crippen molar-refractivity contribution in [3.63, 3.8) is 0 Å². The number of amides is 2. The number of aliphatic carboxylic acids is 1. The summed E-state index contributed by atoms with van der Waals surface area (Å²) >= 11 is 0. The molecule has 1 heterocycles. The van der Waals surface area contributed by atoms with Crippen LogP contribution in [0.3, 0.4) is 0 Å². The van der Waals surface area contributed by atoms with Crippen molar-refractivity contribution in [2.24, 2.45) is 0 Å². The van der Waals surface area contributed by atoms with Crippen LogP contribution >= 0.6 is 0 Å². The Morgan fingerprint density at radius 2 is 1.61 bits per heavy atom. The summed E-state index contributed by atoms with van der Waals surface area (Å²) in [5.74, 6) is -1.85. The van der Waals surface area contributed by atoms with Crippen LogP contribution in [0.15, 0.2) is 60.7 Å². The lowest BCUT2D eigenvalue weighted by atomic mass is 9.98. The van der Waals surface area contributed by atoms with Crippen LogP contribution in [0.4, 0.5) is 4.79 Å². The number of nitrogens with zero attached hydrogens (tertiary/aromatic N) is 1. The lowest BCUT2D eigenvalue weighted by molar-refractivity contribution is -0.139. The predicted molar refractivity (Wildman–Crippen MR) is 123 cm³/mol. The average molecular weight is 450 g/mol. The van der Waals surface area contributed by atoms with Gasteiger partial charge in [-0.2, -0.15) is 0 Å². The van der Waals surface area contributed by atoms with Crippen molar-refractivity contribution in [2.75, 3.05) is 32.8 Å². The molecule has 0 saturated carbocycles. The third kappa shape index (κ3) is 5.40. The van der Waals surface area contributed by atoms with Crippen molar-refractivity contribution in [3.05, 3.63) is 71.8 Å². The van der Waals surface area contributed by atoms with Gasteiger partial charge in [0.15, 0.2) is 0 Å². The molecule has 1 atom stereocenters. The fourth-order valence-corrected chi connectivity index (χ4v) is 4.33. The van der Waals surface area contributed by atoms with Crippen molar-refractivity contribution in [1.29, 1.82) is 0 Å².